The molecule has 19 heavy (non-hydrogen) atoms. The van der Waals surface area contributed by atoms with Crippen molar-refractivity contribution in [1.29, 1.82) is 0 Å². The van der Waals surface area contributed by atoms with Crippen LogP contribution in [-0.4, -0.2) is 9.91 Å². The number of pyridine rings is 1. The monoisotopic (exact) mass is 321 g/mol. The summed E-state index contributed by atoms with van der Waals surface area (Å²) in [7, 11) is 0. The van der Waals surface area contributed by atoms with Gasteiger partial charge in [-0.3, -0.25) is 15.1 Å². The summed E-state index contributed by atoms with van der Waals surface area (Å²) < 4.78 is 0.661. The number of nitrogens with one attached hydrogen (secondary N) is 1. The van der Waals surface area contributed by atoms with Crippen molar-refractivity contribution in [2.75, 3.05) is 5.32 Å². The topological polar surface area (TPSA) is 68.1 Å². The quantitative estimate of drug-likeness (QED) is 0.689. The van der Waals surface area contributed by atoms with Gasteiger partial charge in [-0.15, -0.1) is 0 Å². The highest BCUT2D eigenvalue weighted by atomic mass is 79.9. The molecule has 98 valence electrons. The van der Waals surface area contributed by atoms with E-state index in [1.54, 1.807) is 6.07 Å². The van der Waals surface area contributed by atoms with Crippen LogP contribution in [0, 0.1) is 17.0 Å². The zero-order valence-electron chi connectivity index (χ0n) is 10.3. The summed E-state index contributed by atoms with van der Waals surface area (Å²) in [4.78, 5) is 14.5. The first kappa shape index (κ1) is 13.5. The molecular weight excluding hydrogens is 310 g/mol. The molecule has 0 aliphatic rings. The van der Waals surface area contributed by atoms with E-state index in [9.17, 15) is 10.1 Å². The van der Waals surface area contributed by atoms with Gasteiger partial charge in [0.05, 0.1) is 17.2 Å². The highest BCUT2D eigenvalue weighted by Crippen LogP contribution is 2.27. The predicted octanol–water partition coefficient (Wildman–Crippen LogP) is 3.67. The first-order valence-electron chi connectivity index (χ1n) is 5.65. The fourth-order valence-corrected chi connectivity index (χ4v) is 2.06. The van der Waals surface area contributed by atoms with E-state index < -0.39 is 4.92 Å². The van der Waals surface area contributed by atoms with Gasteiger partial charge in [0.1, 0.15) is 0 Å². The summed E-state index contributed by atoms with van der Waals surface area (Å²) in [6, 6.07) is 8.56. The van der Waals surface area contributed by atoms with Crippen LogP contribution in [0.3, 0.4) is 0 Å². The molecule has 2 aromatic rings. The van der Waals surface area contributed by atoms with Crippen LogP contribution >= 0.6 is 15.9 Å². The van der Waals surface area contributed by atoms with Crippen molar-refractivity contribution in [3.63, 3.8) is 0 Å². The first-order valence-corrected chi connectivity index (χ1v) is 6.45. The van der Waals surface area contributed by atoms with Crippen molar-refractivity contribution in [3.05, 3.63) is 62.4 Å². The van der Waals surface area contributed by atoms with Gasteiger partial charge in [0, 0.05) is 28.5 Å². The lowest BCUT2D eigenvalue weighted by Gasteiger charge is -2.08. The lowest BCUT2D eigenvalue weighted by atomic mass is 10.2. The van der Waals surface area contributed by atoms with Crippen LogP contribution in [0.4, 0.5) is 11.4 Å². The van der Waals surface area contributed by atoms with Gasteiger partial charge < -0.3 is 5.32 Å². The minimum absolute atomic E-state index is 0.0610. The summed E-state index contributed by atoms with van der Waals surface area (Å²) in [6.07, 6.45) is 1.81. The minimum Gasteiger partial charge on any atom is -0.378 e. The second-order valence-electron chi connectivity index (χ2n) is 4.10. The second-order valence-corrected chi connectivity index (χ2v) is 4.96. The number of hydrogen-bond donors (Lipinski definition) is 1. The molecule has 1 heterocycles. The Morgan fingerprint density at radius 3 is 2.74 bits per heavy atom. The number of nitrogens with zero attached hydrogens (tertiary/aromatic N) is 2. The first-order chi connectivity index (χ1) is 9.06. The Morgan fingerprint density at radius 2 is 2.16 bits per heavy atom. The number of benzene rings is 1. The molecule has 5 nitrogen and oxygen atoms in total. The van der Waals surface area contributed by atoms with Crippen molar-refractivity contribution < 1.29 is 4.92 Å². The molecule has 0 amide bonds. The summed E-state index contributed by atoms with van der Waals surface area (Å²) >= 11 is 3.31. The summed E-state index contributed by atoms with van der Waals surface area (Å²) in [5.41, 5.74) is 2.88. The van der Waals surface area contributed by atoms with Crippen LogP contribution in [0.25, 0.3) is 0 Å². The number of aryl methyl sites for hydroxylation is 1. The smallest absolute Gasteiger partial charge is 0.270 e. The normalized spacial score (nSPS) is 10.2. The molecule has 2 rings (SSSR count). The molecular formula is C13H12BrN3O2. The van der Waals surface area contributed by atoms with Gasteiger partial charge in [0.25, 0.3) is 5.69 Å². The highest BCUT2D eigenvalue weighted by Gasteiger charge is 2.08. The molecule has 0 saturated carbocycles. The van der Waals surface area contributed by atoms with E-state index in [-0.39, 0.29) is 5.69 Å². The molecule has 6 heteroatoms. The zero-order valence-corrected chi connectivity index (χ0v) is 11.8. The van der Waals surface area contributed by atoms with Gasteiger partial charge in [0.2, 0.25) is 0 Å². The molecule has 0 fully saturated rings. The fraction of sp³-hybridized carbons (Fsp3) is 0.154. The van der Waals surface area contributed by atoms with Crippen molar-refractivity contribution in [1.82, 2.24) is 4.98 Å². The van der Waals surface area contributed by atoms with Crippen LogP contribution in [0.1, 0.15) is 11.3 Å². The summed E-state index contributed by atoms with van der Waals surface area (Å²) in [5, 5.41) is 13.8. The second kappa shape index (κ2) is 5.79. The number of aromatic nitrogens is 1. The zero-order chi connectivity index (χ0) is 13.8. The number of halogens is 1. The van der Waals surface area contributed by atoms with E-state index >= 15 is 0 Å². The lowest BCUT2D eigenvalue weighted by molar-refractivity contribution is -0.384. The van der Waals surface area contributed by atoms with Crippen LogP contribution in [0.2, 0.25) is 0 Å². The molecule has 0 spiro atoms. The Bertz CT molecular complexity index is 599. The number of nitro benzene ring substituents is 1. The van der Waals surface area contributed by atoms with E-state index in [0.717, 1.165) is 16.9 Å². The molecule has 0 radical (unpaired) electrons. The standard InChI is InChI=1S/C13H12BrN3O2/c1-9-2-3-10(15-7-9)8-16-13-5-4-11(17(18)19)6-12(13)14/h2-7,16H,8H2,1H3. The third-order valence-corrected chi connectivity index (χ3v) is 3.25. The van der Waals surface area contributed by atoms with E-state index in [1.807, 2.05) is 25.3 Å². The number of non-ortho nitro benzene ring substituents is 1. The van der Waals surface area contributed by atoms with Crippen molar-refractivity contribution in [3.8, 4) is 0 Å². The van der Waals surface area contributed by atoms with Gasteiger partial charge in [-0.1, -0.05) is 6.07 Å². The van der Waals surface area contributed by atoms with E-state index in [2.05, 4.69) is 26.2 Å². The highest BCUT2D eigenvalue weighted by molar-refractivity contribution is 9.10. The Kier molecular flexibility index (Phi) is 4.11. The molecule has 0 aliphatic heterocycles. The number of anilines is 1. The minimum atomic E-state index is -0.421. The van der Waals surface area contributed by atoms with Gasteiger partial charge in [0.15, 0.2) is 0 Å². The number of hydrogen-bond acceptors (Lipinski definition) is 4. The molecule has 0 unspecified atom stereocenters. The van der Waals surface area contributed by atoms with Gasteiger partial charge in [-0.05, 0) is 40.5 Å². The van der Waals surface area contributed by atoms with Gasteiger partial charge in [-0.25, -0.2) is 0 Å². The molecule has 0 bridgehead atoms. The molecule has 1 N–H and O–H groups in total. The number of nitro groups is 1. The molecule has 0 atom stereocenters. The van der Waals surface area contributed by atoms with Crippen molar-refractivity contribution in [2.45, 2.75) is 13.5 Å². The van der Waals surface area contributed by atoms with Crippen molar-refractivity contribution >= 4 is 27.3 Å². The van der Waals surface area contributed by atoms with Crippen LogP contribution in [0.15, 0.2) is 41.0 Å². The third kappa shape index (κ3) is 3.51. The summed E-state index contributed by atoms with van der Waals surface area (Å²) in [5.74, 6) is 0. The van der Waals surface area contributed by atoms with Crippen LogP contribution in [0.5, 0.6) is 0 Å². The van der Waals surface area contributed by atoms with Gasteiger partial charge in [-0.2, -0.15) is 0 Å². The average Bonchev–Trinajstić information content (AvgIpc) is 2.39. The predicted molar refractivity (Wildman–Crippen MR) is 77.1 cm³/mol. The molecule has 0 saturated heterocycles. The summed E-state index contributed by atoms with van der Waals surface area (Å²) in [6.45, 7) is 2.55. The average molecular weight is 322 g/mol. The lowest BCUT2D eigenvalue weighted by Crippen LogP contribution is -2.02. The maximum absolute atomic E-state index is 10.6. The van der Waals surface area contributed by atoms with Crippen LogP contribution in [-0.2, 0) is 6.54 Å². The molecule has 1 aromatic carbocycles. The Labute approximate surface area is 119 Å². The maximum atomic E-state index is 10.6. The largest absolute Gasteiger partial charge is 0.378 e. The maximum Gasteiger partial charge on any atom is 0.270 e. The molecule has 1 aromatic heterocycles. The third-order valence-electron chi connectivity index (χ3n) is 2.60. The Morgan fingerprint density at radius 1 is 1.37 bits per heavy atom. The molecule has 0 aliphatic carbocycles. The SMILES string of the molecule is Cc1ccc(CNc2ccc([N+](=O)[O-])cc2Br)nc1. The van der Waals surface area contributed by atoms with E-state index in [0.29, 0.717) is 11.0 Å². The Balaban J connectivity index is 2.07. The van der Waals surface area contributed by atoms with Crippen molar-refractivity contribution in [2.24, 2.45) is 0 Å². The Hall–Kier alpha value is -1.95. The van der Waals surface area contributed by atoms with Gasteiger partial charge >= 0.3 is 0 Å². The fourth-order valence-electron chi connectivity index (χ4n) is 1.55. The number of rotatable bonds is 4. The van der Waals surface area contributed by atoms with Crippen LogP contribution < -0.4 is 5.32 Å². The van der Waals surface area contributed by atoms with E-state index in [4.69, 9.17) is 0 Å². The van der Waals surface area contributed by atoms with E-state index in [1.165, 1.54) is 12.1 Å².